The molecular weight excluding hydrogens is 445 g/mol. The molecule has 1 aliphatic rings. The molecule has 1 aromatic heterocycles. The molecule has 170 valence electrons. The summed E-state index contributed by atoms with van der Waals surface area (Å²) in [5.74, 6) is 0.492. The van der Waals surface area contributed by atoms with Crippen LogP contribution in [0.25, 0.3) is 11.4 Å². The van der Waals surface area contributed by atoms with E-state index in [1.807, 2.05) is 23.1 Å². The second kappa shape index (κ2) is 9.00. The predicted octanol–water partition coefficient (Wildman–Crippen LogP) is 3.40. The summed E-state index contributed by atoms with van der Waals surface area (Å²) in [5.41, 5.74) is 0.423. The number of hydrogen-bond donors (Lipinski definition) is 0. The molecule has 0 aliphatic carbocycles. The maximum atomic E-state index is 12.7. The monoisotopic (exact) mass is 466 g/mol. The molecule has 0 atom stereocenters. The summed E-state index contributed by atoms with van der Waals surface area (Å²) in [6.07, 6.45) is -4.41. The van der Waals surface area contributed by atoms with Crippen molar-refractivity contribution in [3.8, 4) is 11.4 Å². The number of halogens is 3. The second-order valence-corrected chi connectivity index (χ2v) is 9.47. The molecule has 2 heterocycles. The van der Waals surface area contributed by atoms with E-state index < -0.39 is 21.8 Å². The lowest BCUT2D eigenvalue weighted by molar-refractivity contribution is -0.137. The molecule has 0 bridgehead atoms. The van der Waals surface area contributed by atoms with Crippen LogP contribution in [0.2, 0.25) is 0 Å². The Kier molecular flexibility index (Phi) is 6.31. The molecule has 11 heteroatoms. The largest absolute Gasteiger partial charge is 0.416 e. The standard InChI is InChI=1S/C21H21F3N4O3S/c22-21(23,24)18-8-6-17(7-9-18)20-25-19(31-26-20)14-27-10-12-28(13-11-27)32(29,30)15-16-4-2-1-3-5-16/h1-9H,10-15H2. The summed E-state index contributed by atoms with van der Waals surface area (Å²) >= 11 is 0. The number of sulfonamides is 1. The molecule has 7 nitrogen and oxygen atoms in total. The van der Waals surface area contributed by atoms with Crippen molar-refractivity contribution in [2.45, 2.75) is 18.5 Å². The lowest BCUT2D eigenvalue weighted by Crippen LogP contribution is -2.48. The maximum absolute atomic E-state index is 12.7. The van der Waals surface area contributed by atoms with Crippen LogP contribution in [0.4, 0.5) is 13.2 Å². The van der Waals surface area contributed by atoms with Crippen LogP contribution >= 0.6 is 0 Å². The van der Waals surface area contributed by atoms with Crippen molar-refractivity contribution in [3.05, 3.63) is 71.6 Å². The highest BCUT2D eigenvalue weighted by Gasteiger charge is 2.30. The zero-order valence-electron chi connectivity index (χ0n) is 17.0. The number of alkyl halides is 3. The van der Waals surface area contributed by atoms with Crippen molar-refractivity contribution >= 4 is 10.0 Å². The molecule has 32 heavy (non-hydrogen) atoms. The SMILES string of the molecule is O=S(=O)(Cc1ccccc1)N1CCN(Cc2nc(-c3ccc(C(F)(F)F)cc3)no2)CC1. The van der Waals surface area contributed by atoms with E-state index in [4.69, 9.17) is 4.52 Å². The topological polar surface area (TPSA) is 79.5 Å². The fourth-order valence-electron chi connectivity index (χ4n) is 3.48. The summed E-state index contributed by atoms with van der Waals surface area (Å²) in [6, 6.07) is 13.6. The van der Waals surface area contributed by atoms with Gasteiger partial charge in [-0.25, -0.2) is 8.42 Å². The van der Waals surface area contributed by atoms with Crippen LogP contribution in [-0.2, 0) is 28.5 Å². The van der Waals surface area contributed by atoms with Crippen molar-refractivity contribution in [1.29, 1.82) is 0 Å². The quantitative estimate of drug-likeness (QED) is 0.554. The molecule has 0 saturated carbocycles. The first kappa shape index (κ1) is 22.4. The first-order valence-corrected chi connectivity index (χ1v) is 11.6. The number of benzene rings is 2. The van der Waals surface area contributed by atoms with Gasteiger partial charge in [0.05, 0.1) is 17.9 Å². The Labute approximate surface area is 183 Å². The van der Waals surface area contributed by atoms with Gasteiger partial charge in [0.15, 0.2) is 0 Å². The van der Waals surface area contributed by atoms with E-state index in [2.05, 4.69) is 10.1 Å². The minimum atomic E-state index is -4.41. The van der Waals surface area contributed by atoms with Gasteiger partial charge in [0.25, 0.3) is 0 Å². The van der Waals surface area contributed by atoms with Gasteiger partial charge in [-0.05, 0) is 17.7 Å². The molecule has 0 spiro atoms. The highest BCUT2D eigenvalue weighted by atomic mass is 32.2. The summed E-state index contributed by atoms with van der Waals surface area (Å²) in [6.45, 7) is 2.06. The Balaban J connectivity index is 1.33. The normalized spacial score (nSPS) is 16.3. The highest BCUT2D eigenvalue weighted by molar-refractivity contribution is 7.88. The molecule has 4 rings (SSSR count). The summed E-state index contributed by atoms with van der Waals surface area (Å²) in [7, 11) is -3.40. The van der Waals surface area contributed by atoms with E-state index in [0.29, 0.717) is 44.2 Å². The van der Waals surface area contributed by atoms with Crippen LogP contribution in [0.15, 0.2) is 59.1 Å². The molecule has 0 N–H and O–H groups in total. The first-order valence-electron chi connectivity index (χ1n) is 9.95. The van der Waals surface area contributed by atoms with Crippen molar-refractivity contribution in [3.63, 3.8) is 0 Å². The third-order valence-corrected chi connectivity index (χ3v) is 7.06. The molecule has 1 fully saturated rings. The number of aromatic nitrogens is 2. The Morgan fingerprint density at radius 2 is 1.59 bits per heavy atom. The molecule has 2 aromatic carbocycles. The molecule has 0 amide bonds. The zero-order chi connectivity index (χ0) is 22.8. The van der Waals surface area contributed by atoms with Gasteiger partial charge in [0.1, 0.15) is 0 Å². The number of piperazine rings is 1. The maximum Gasteiger partial charge on any atom is 0.416 e. The minimum absolute atomic E-state index is 0.0337. The van der Waals surface area contributed by atoms with Gasteiger partial charge in [-0.3, -0.25) is 4.90 Å². The van der Waals surface area contributed by atoms with Gasteiger partial charge in [-0.15, -0.1) is 0 Å². The van der Waals surface area contributed by atoms with E-state index in [-0.39, 0.29) is 11.6 Å². The average molecular weight is 466 g/mol. The Bertz CT molecular complexity index is 1140. The molecule has 1 aliphatic heterocycles. The highest BCUT2D eigenvalue weighted by Crippen LogP contribution is 2.30. The van der Waals surface area contributed by atoms with E-state index >= 15 is 0 Å². The van der Waals surface area contributed by atoms with E-state index in [1.54, 1.807) is 12.1 Å². The fourth-order valence-corrected chi connectivity index (χ4v) is 4.99. The third kappa shape index (κ3) is 5.34. The summed E-state index contributed by atoms with van der Waals surface area (Å²) < 4.78 is 70.1. The van der Waals surface area contributed by atoms with Crippen LogP contribution in [0.5, 0.6) is 0 Å². The van der Waals surface area contributed by atoms with Gasteiger partial charge in [0.2, 0.25) is 21.7 Å². The Morgan fingerprint density at radius 1 is 0.938 bits per heavy atom. The van der Waals surface area contributed by atoms with Gasteiger partial charge >= 0.3 is 6.18 Å². The van der Waals surface area contributed by atoms with Crippen molar-refractivity contribution in [2.24, 2.45) is 0 Å². The van der Waals surface area contributed by atoms with E-state index in [9.17, 15) is 21.6 Å². The van der Waals surface area contributed by atoms with Gasteiger partial charge in [-0.2, -0.15) is 22.5 Å². The Morgan fingerprint density at radius 3 is 2.22 bits per heavy atom. The van der Waals surface area contributed by atoms with Crippen LogP contribution in [0.1, 0.15) is 17.0 Å². The number of nitrogens with zero attached hydrogens (tertiary/aromatic N) is 4. The van der Waals surface area contributed by atoms with Crippen molar-refractivity contribution in [1.82, 2.24) is 19.3 Å². The fraction of sp³-hybridized carbons (Fsp3) is 0.333. The first-order chi connectivity index (χ1) is 15.2. The zero-order valence-corrected chi connectivity index (χ0v) is 17.8. The van der Waals surface area contributed by atoms with Crippen LogP contribution in [0, 0.1) is 0 Å². The van der Waals surface area contributed by atoms with Crippen molar-refractivity contribution < 1.29 is 26.1 Å². The number of hydrogen-bond acceptors (Lipinski definition) is 6. The van der Waals surface area contributed by atoms with Gasteiger partial charge in [-0.1, -0.05) is 47.6 Å². The average Bonchev–Trinajstić information content (AvgIpc) is 3.22. The number of rotatable bonds is 6. The van der Waals surface area contributed by atoms with E-state index in [1.165, 1.54) is 16.4 Å². The summed E-state index contributed by atoms with van der Waals surface area (Å²) in [4.78, 5) is 6.26. The van der Waals surface area contributed by atoms with Crippen molar-refractivity contribution in [2.75, 3.05) is 26.2 Å². The van der Waals surface area contributed by atoms with Crippen LogP contribution < -0.4 is 0 Å². The van der Waals surface area contributed by atoms with Gasteiger partial charge < -0.3 is 4.52 Å². The lowest BCUT2D eigenvalue weighted by Gasteiger charge is -2.33. The Hall–Kier alpha value is -2.76. The minimum Gasteiger partial charge on any atom is -0.338 e. The lowest BCUT2D eigenvalue weighted by atomic mass is 10.1. The van der Waals surface area contributed by atoms with E-state index in [0.717, 1.165) is 17.7 Å². The third-order valence-electron chi connectivity index (χ3n) is 5.21. The smallest absolute Gasteiger partial charge is 0.338 e. The molecule has 0 radical (unpaired) electrons. The molecular formula is C21H21F3N4O3S. The summed E-state index contributed by atoms with van der Waals surface area (Å²) in [5, 5.41) is 3.84. The molecule has 0 unspecified atom stereocenters. The van der Waals surface area contributed by atoms with Crippen LogP contribution in [-0.4, -0.2) is 53.9 Å². The van der Waals surface area contributed by atoms with Crippen LogP contribution in [0.3, 0.4) is 0 Å². The molecule has 1 saturated heterocycles. The molecule has 3 aromatic rings. The predicted molar refractivity (Wildman–Crippen MR) is 111 cm³/mol. The van der Waals surface area contributed by atoms with Gasteiger partial charge in [0, 0.05) is 31.7 Å². The second-order valence-electron chi connectivity index (χ2n) is 7.50.